The average Bonchev–Trinajstić information content (AvgIpc) is 2.75. The molecule has 1 unspecified atom stereocenters. The Balaban J connectivity index is 2.26. The van der Waals surface area contributed by atoms with Crippen LogP contribution in [-0.4, -0.2) is 21.6 Å². The van der Waals surface area contributed by atoms with Crippen molar-refractivity contribution < 1.29 is 20.1 Å². The number of rotatable bonds is 13. The van der Waals surface area contributed by atoms with Crippen LogP contribution in [0.4, 0.5) is 11.4 Å². The van der Waals surface area contributed by atoms with Crippen LogP contribution in [0, 0.1) is 6.92 Å². The van der Waals surface area contributed by atoms with Gasteiger partial charge in [-0.05, 0) is 61.4 Å². The molecule has 0 radical (unpaired) electrons. The summed E-state index contributed by atoms with van der Waals surface area (Å²) in [5.74, 6) is -0.223. The van der Waals surface area contributed by atoms with Gasteiger partial charge in [0, 0.05) is 6.42 Å². The van der Waals surface area contributed by atoms with E-state index < -0.39 is 0 Å². The fraction of sp³-hybridized carbons (Fsp3) is 0.480. The van der Waals surface area contributed by atoms with E-state index in [1.807, 2.05) is 6.92 Å². The molecule has 6 heteroatoms. The highest BCUT2D eigenvalue weighted by molar-refractivity contribution is 5.65. The van der Waals surface area contributed by atoms with E-state index in [4.69, 9.17) is 0 Å². The molecule has 0 saturated carbocycles. The van der Waals surface area contributed by atoms with Gasteiger partial charge in [-0.25, -0.2) is 0 Å². The molecule has 2 rings (SSSR count). The second-order valence-electron chi connectivity index (χ2n) is 8.06. The normalized spacial score (nSPS) is 12.3. The lowest BCUT2D eigenvalue weighted by Crippen LogP contribution is -2.01. The summed E-state index contributed by atoms with van der Waals surface area (Å²) in [6.07, 6.45) is 9.61. The van der Waals surface area contributed by atoms with Crippen LogP contribution in [0.1, 0.15) is 81.8 Å². The fourth-order valence-electron chi connectivity index (χ4n) is 3.73. The van der Waals surface area contributed by atoms with Gasteiger partial charge in [-0.3, -0.25) is 0 Å². The van der Waals surface area contributed by atoms with E-state index in [0.29, 0.717) is 12.0 Å². The maximum absolute atomic E-state index is 10.9. The summed E-state index contributed by atoms with van der Waals surface area (Å²) < 4.78 is 0. The van der Waals surface area contributed by atoms with E-state index in [-0.39, 0.29) is 34.5 Å². The first kappa shape index (κ1) is 24.4. The van der Waals surface area contributed by atoms with Gasteiger partial charge in [0.05, 0.1) is 0 Å². The van der Waals surface area contributed by atoms with Gasteiger partial charge in [0.15, 0.2) is 5.69 Å². The molecule has 0 spiro atoms. The average molecular weight is 427 g/mol. The zero-order valence-corrected chi connectivity index (χ0v) is 18.5. The van der Waals surface area contributed by atoms with Crippen molar-refractivity contribution in [3.63, 3.8) is 0 Å². The van der Waals surface area contributed by atoms with Crippen LogP contribution < -0.4 is 0 Å². The summed E-state index contributed by atoms with van der Waals surface area (Å²) in [6.45, 7) is 4.06. The molecule has 0 aliphatic heterocycles. The summed E-state index contributed by atoms with van der Waals surface area (Å²) in [5, 5.41) is 39.2. The van der Waals surface area contributed by atoms with Crippen LogP contribution in [0.25, 0.3) is 0 Å². The third-order valence-corrected chi connectivity index (χ3v) is 5.52. The number of phenols is 3. The summed E-state index contributed by atoms with van der Waals surface area (Å²) in [5.41, 5.74) is 1.88. The highest BCUT2D eigenvalue weighted by Gasteiger charge is 2.20. The van der Waals surface area contributed by atoms with Crippen molar-refractivity contribution in [1.29, 1.82) is 0 Å². The molecule has 31 heavy (non-hydrogen) atoms. The minimum Gasteiger partial charge on any atom is -0.506 e. The van der Waals surface area contributed by atoms with Gasteiger partial charge < -0.3 is 20.1 Å². The van der Waals surface area contributed by atoms with Crippen LogP contribution in [0.2, 0.25) is 0 Å². The van der Waals surface area contributed by atoms with E-state index in [1.165, 1.54) is 31.4 Å². The molecular weight excluding hydrogens is 392 g/mol. The molecule has 168 valence electrons. The molecule has 0 saturated heterocycles. The lowest BCUT2D eigenvalue weighted by atomic mass is 9.87. The maximum atomic E-state index is 10.9. The molecule has 6 nitrogen and oxygen atoms in total. The first-order chi connectivity index (χ1) is 15.0. The number of hydrogen-bond acceptors (Lipinski definition) is 6. The molecule has 2 aromatic carbocycles. The van der Waals surface area contributed by atoms with Crippen LogP contribution in [0.3, 0.4) is 0 Å². The van der Waals surface area contributed by atoms with E-state index in [1.54, 1.807) is 18.2 Å². The molecule has 0 aromatic heterocycles. The van der Waals surface area contributed by atoms with Crippen LogP contribution >= 0.6 is 0 Å². The van der Waals surface area contributed by atoms with Gasteiger partial charge in [0.2, 0.25) is 0 Å². The predicted octanol–water partition coefficient (Wildman–Crippen LogP) is 7.34. The molecule has 1 atom stereocenters. The van der Waals surface area contributed by atoms with Crippen LogP contribution in [0.5, 0.6) is 17.2 Å². The Morgan fingerprint density at radius 3 is 2.35 bits per heavy atom. The van der Waals surface area contributed by atoms with Crippen molar-refractivity contribution in [3.05, 3.63) is 41.5 Å². The number of carbonyl (C=O) groups is 1. The predicted molar refractivity (Wildman–Crippen MR) is 123 cm³/mol. The molecular formula is C25H34N2O4. The van der Waals surface area contributed by atoms with Crippen LogP contribution in [-0.2, 0) is 4.79 Å². The number of aromatic hydroxyl groups is 3. The third kappa shape index (κ3) is 7.39. The van der Waals surface area contributed by atoms with Gasteiger partial charge in [-0.1, -0.05) is 51.2 Å². The van der Waals surface area contributed by atoms with E-state index in [0.717, 1.165) is 44.0 Å². The summed E-state index contributed by atoms with van der Waals surface area (Å²) in [6, 6.07) is 8.21. The number of unbranched alkanes of at least 4 members (excludes halogenated alkanes) is 5. The Kier molecular flexibility index (Phi) is 10.0. The molecule has 0 heterocycles. The van der Waals surface area contributed by atoms with Gasteiger partial charge >= 0.3 is 0 Å². The number of azo groups is 1. The first-order valence-corrected chi connectivity index (χ1v) is 11.2. The monoisotopic (exact) mass is 426 g/mol. The Morgan fingerprint density at radius 2 is 1.61 bits per heavy atom. The van der Waals surface area contributed by atoms with Crippen molar-refractivity contribution in [3.8, 4) is 17.2 Å². The standard InChI is InChI=1S/C25H34N2O4/c1-3-4-5-6-7-10-19(11-8-9-16-28)20-13-15-23(30)24(25(20)31)27-26-21-17-18(2)12-14-22(21)29/h12-17,19,29-31H,3-11H2,1-2H3. The smallest absolute Gasteiger partial charge is 0.169 e. The first-order valence-electron chi connectivity index (χ1n) is 11.2. The lowest BCUT2D eigenvalue weighted by Gasteiger charge is -2.19. The summed E-state index contributed by atoms with van der Waals surface area (Å²) in [7, 11) is 0. The van der Waals surface area contributed by atoms with Crippen molar-refractivity contribution in [2.24, 2.45) is 10.2 Å². The Hall–Kier alpha value is -2.89. The third-order valence-electron chi connectivity index (χ3n) is 5.52. The molecule has 3 N–H and O–H groups in total. The highest BCUT2D eigenvalue weighted by Crippen LogP contribution is 2.45. The largest absolute Gasteiger partial charge is 0.506 e. The molecule has 0 aliphatic rings. The Bertz CT molecular complexity index is 880. The Morgan fingerprint density at radius 1 is 0.903 bits per heavy atom. The molecule has 0 amide bonds. The van der Waals surface area contributed by atoms with Crippen molar-refractivity contribution in [1.82, 2.24) is 0 Å². The van der Waals surface area contributed by atoms with Crippen molar-refractivity contribution in [2.75, 3.05) is 0 Å². The number of carbonyl (C=O) groups excluding carboxylic acids is 1. The second-order valence-corrected chi connectivity index (χ2v) is 8.06. The highest BCUT2D eigenvalue weighted by atomic mass is 16.3. The summed E-state index contributed by atoms with van der Waals surface area (Å²) >= 11 is 0. The summed E-state index contributed by atoms with van der Waals surface area (Å²) in [4.78, 5) is 10.8. The number of hydrogen-bond donors (Lipinski definition) is 3. The SMILES string of the molecule is CCCCCCCC(CCCC=O)c1ccc(O)c(N=Nc2cc(C)ccc2O)c1O. The number of aldehydes is 1. The quantitative estimate of drug-likeness (QED) is 0.177. The van der Waals surface area contributed by atoms with Crippen molar-refractivity contribution >= 4 is 17.7 Å². The number of aryl methyl sites for hydroxylation is 1. The van der Waals surface area contributed by atoms with Crippen molar-refractivity contribution in [2.45, 2.75) is 77.6 Å². The fourth-order valence-corrected chi connectivity index (χ4v) is 3.73. The Labute approximate surface area is 184 Å². The van der Waals surface area contributed by atoms with Gasteiger partial charge in [0.1, 0.15) is 29.2 Å². The van der Waals surface area contributed by atoms with Gasteiger partial charge in [-0.15, -0.1) is 10.2 Å². The zero-order valence-electron chi connectivity index (χ0n) is 18.5. The number of phenolic OH excluding ortho intramolecular Hbond substituents is 3. The van der Waals surface area contributed by atoms with E-state index in [2.05, 4.69) is 17.2 Å². The molecule has 0 fully saturated rings. The van der Waals surface area contributed by atoms with Gasteiger partial charge in [0.25, 0.3) is 0 Å². The maximum Gasteiger partial charge on any atom is 0.169 e. The van der Waals surface area contributed by atoms with E-state index >= 15 is 0 Å². The number of benzene rings is 2. The molecule has 0 bridgehead atoms. The second kappa shape index (κ2) is 12.7. The lowest BCUT2D eigenvalue weighted by molar-refractivity contribution is -0.107. The minimum atomic E-state index is -0.174. The molecule has 0 aliphatic carbocycles. The zero-order chi connectivity index (χ0) is 22.6. The van der Waals surface area contributed by atoms with Gasteiger partial charge in [-0.2, -0.15) is 0 Å². The topological polar surface area (TPSA) is 102 Å². The minimum absolute atomic E-state index is 0.00947. The molecule has 2 aromatic rings. The van der Waals surface area contributed by atoms with Crippen LogP contribution in [0.15, 0.2) is 40.6 Å². The number of nitrogens with zero attached hydrogens (tertiary/aromatic N) is 2. The van der Waals surface area contributed by atoms with E-state index in [9.17, 15) is 20.1 Å².